The van der Waals surface area contributed by atoms with Gasteiger partial charge in [0.15, 0.2) is 6.29 Å². The van der Waals surface area contributed by atoms with Crippen molar-refractivity contribution in [3.8, 4) is 0 Å². The molecule has 148 valence electrons. The molecule has 2 aromatic rings. The molecule has 2 amide bonds. The van der Waals surface area contributed by atoms with Crippen molar-refractivity contribution in [3.63, 3.8) is 0 Å². The molecular weight excluding hydrogens is 376 g/mol. The predicted molar refractivity (Wildman–Crippen MR) is 108 cm³/mol. The highest BCUT2D eigenvalue weighted by Crippen LogP contribution is 2.17. The molecule has 3 atom stereocenters. The maximum absolute atomic E-state index is 12.8. The minimum Gasteiger partial charge on any atom is -0.366 e. The average Bonchev–Trinajstić information content (AvgIpc) is 3.12. The second kappa shape index (κ2) is 10.3. The molecule has 1 saturated heterocycles. The molecule has 6 nitrogen and oxygen atoms in total. The Bertz CT molecular complexity index is 772. The number of rotatable bonds is 8. The largest absolute Gasteiger partial charge is 0.366 e. The van der Waals surface area contributed by atoms with Crippen molar-refractivity contribution < 1.29 is 19.4 Å². The molecule has 28 heavy (non-hydrogen) atoms. The van der Waals surface area contributed by atoms with Gasteiger partial charge < -0.3 is 20.5 Å². The van der Waals surface area contributed by atoms with Crippen molar-refractivity contribution in [3.05, 3.63) is 66.2 Å². The number of hydrogen-bond acceptors (Lipinski definition) is 5. The van der Waals surface area contributed by atoms with Crippen LogP contribution in [-0.4, -0.2) is 47.7 Å². The van der Waals surface area contributed by atoms with Crippen molar-refractivity contribution in [2.75, 3.05) is 12.4 Å². The van der Waals surface area contributed by atoms with Crippen LogP contribution in [0.4, 0.5) is 0 Å². The highest BCUT2D eigenvalue weighted by atomic mass is 32.2. The number of ether oxygens (including phenoxy) is 1. The smallest absolute Gasteiger partial charge is 0.243 e. The molecule has 3 N–H and O–H groups in total. The minimum absolute atomic E-state index is 0.215. The molecule has 0 spiro atoms. The van der Waals surface area contributed by atoms with E-state index in [1.54, 1.807) is 0 Å². The number of aliphatic hydroxyl groups is 1. The Labute approximate surface area is 168 Å². The third kappa shape index (κ3) is 6.09. The number of hydrogen-bond donors (Lipinski definition) is 3. The molecule has 0 aliphatic carbocycles. The van der Waals surface area contributed by atoms with Crippen LogP contribution in [0.1, 0.15) is 12.0 Å². The number of carbonyl (C=O) groups is 2. The number of carbonyl (C=O) groups excluding carboxylic acids is 2. The highest BCUT2D eigenvalue weighted by molar-refractivity contribution is 8.00. The number of thioether (sulfide) groups is 1. The first kappa shape index (κ1) is 20.4. The van der Waals surface area contributed by atoms with Crippen LogP contribution in [0.2, 0.25) is 0 Å². The van der Waals surface area contributed by atoms with E-state index in [9.17, 15) is 14.7 Å². The molecule has 7 heteroatoms. The van der Waals surface area contributed by atoms with E-state index >= 15 is 0 Å². The fourth-order valence-corrected chi connectivity index (χ4v) is 3.69. The zero-order valence-electron chi connectivity index (χ0n) is 15.4. The van der Waals surface area contributed by atoms with E-state index in [0.717, 1.165) is 10.5 Å². The summed E-state index contributed by atoms with van der Waals surface area (Å²) >= 11 is 1.42. The highest BCUT2D eigenvalue weighted by Gasteiger charge is 2.30. The summed E-state index contributed by atoms with van der Waals surface area (Å²) in [5.74, 6) is -0.317. The summed E-state index contributed by atoms with van der Waals surface area (Å²) < 4.78 is 5.08. The third-order valence-electron chi connectivity index (χ3n) is 4.44. The Hall–Kier alpha value is -2.35. The minimum atomic E-state index is -1.01. The molecule has 0 radical (unpaired) electrons. The Kier molecular flexibility index (Phi) is 7.47. The standard InChI is InChI=1S/C21H24N2O4S/c24-19(14-28-16-9-5-2-6-10-16)22-18(13-15-7-3-1-4-8-15)20(25)23-17-11-12-27-21(17)26/h1-10,17-18,21,26H,11-14H2,(H,22,24)(H,23,25)/t17-,18-,21?/m0/s1. The maximum Gasteiger partial charge on any atom is 0.243 e. The second-order valence-electron chi connectivity index (χ2n) is 6.58. The van der Waals surface area contributed by atoms with Gasteiger partial charge in [0, 0.05) is 11.3 Å². The predicted octanol–water partition coefficient (Wildman–Crippen LogP) is 1.73. The first-order valence-electron chi connectivity index (χ1n) is 9.23. The van der Waals surface area contributed by atoms with Crippen molar-refractivity contribution >= 4 is 23.6 Å². The van der Waals surface area contributed by atoms with Gasteiger partial charge in [0.25, 0.3) is 0 Å². The molecule has 0 bridgehead atoms. The van der Waals surface area contributed by atoms with Gasteiger partial charge in [-0.05, 0) is 24.1 Å². The molecule has 2 aromatic carbocycles. The number of amides is 2. The Morgan fingerprint density at radius 3 is 2.43 bits per heavy atom. The van der Waals surface area contributed by atoms with E-state index in [-0.39, 0.29) is 17.6 Å². The SMILES string of the molecule is O=C(CSc1ccccc1)N[C@@H](Cc1ccccc1)C(=O)N[C@H]1CCOC1O. The van der Waals surface area contributed by atoms with Crippen LogP contribution < -0.4 is 10.6 Å². The van der Waals surface area contributed by atoms with Gasteiger partial charge in [-0.25, -0.2) is 0 Å². The van der Waals surface area contributed by atoms with Crippen molar-refractivity contribution in [2.24, 2.45) is 0 Å². The Morgan fingerprint density at radius 1 is 1.11 bits per heavy atom. The Balaban J connectivity index is 1.61. The molecule has 0 aromatic heterocycles. The van der Waals surface area contributed by atoms with Gasteiger partial charge in [0.2, 0.25) is 11.8 Å². The average molecular weight is 401 g/mol. The molecular formula is C21H24N2O4S. The van der Waals surface area contributed by atoms with Crippen LogP contribution in [0.15, 0.2) is 65.6 Å². The van der Waals surface area contributed by atoms with Crippen molar-refractivity contribution in [2.45, 2.75) is 36.1 Å². The van der Waals surface area contributed by atoms with Gasteiger partial charge in [-0.1, -0.05) is 48.5 Å². The van der Waals surface area contributed by atoms with E-state index < -0.39 is 18.4 Å². The van der Waals surface area contributed by atoms with Crippen LogP contribution in [0, 0.1) is 0 Å². The maximum atomic E-state index is 12.8. The molecule has 1 fully saturated rings. The lowest BCUT2D eigenvalue weighted by atomic mass is 10.0. The van der Waals surface area contributed by atoms with Gasteiger partial charge in [0.1, 0.15) is 6.04 Å². The van der Waals surface area contributed by atoms with Crippen LogP contribution in [0.5, 0.6) is 0 Å². The van der Waals surface area contributed by atoms with E-state index in [1.807, 2.05) is 60.7 Å². The summed E-state index contributed by atoms with van der Waals surface area (Å²) in [7, 11) is 0. The normalized spacial score (nSPS) is 19.8. The quantitative estimate of drug-likeness (QED) is 0.588. The van der Waals surface area contributed by atoms with E-state index in [1.165, 1.54) is 11.8 Å². The monoisotopic (exact) mass is 400 g/mol. The van der Waals surface area contributed by atoms with Crippen LogP contribution in [-0.2, 0) is 20.7 Å². The molecule has 1 aliphatic heterocycles. The van der Waals surface area contributed by atoms with Crippen LogP contribution in [0.3, 0.4) is 0 Å². The third-order valence-corrected chi connectivity index (χ3v) is 5.45. The summed E-state index contributed by atoms with van der Waals surface area (Å²) in [5.41, 5.74) is 0.946. The molecule has 1 unspecified atom stereocenters. The van der Waals surface area contributed by atoms with Crippen molar-refractivity contribution in [1.29, 1.82) is 0 Å². The van der Waals surface area contributed by atoms with Crippen LogP contribution in [0.25, 0.3) is 0 Å². The fraction of sp³-hybridized carbons (Fsp3) is 0.333. The molecule has 0 saturated carbocycles. The van der Waals surface area contributed by atoms with E-state index in [4.69, 9.17) is 4.74 Å². The topological polar surface area (TPSA) is 87.7 Å². The molecule has 1 aliphatic rings. The lowest BCUT2D eigenvalue weighted by molar-refractivity contribution is -0.130. The Morgan fingerprint density at radius 2 is 1.79 bits per heavy atom. The number of aliphatic hydroxyl groups excluding tert-OH is 1. The summed E-state index contributed by atoms with van der Waals surface area (Å²) in [6.07, 6.45) is -0.0911. The second-order valence-corrected chi connectivity index (χ2v) is 7.63. The van der Waals surface area contributed by atoms with Gasteiger partial charge in [0.05, 0.1) is 18.4 Å². The summed E-state index contributed by atoms with van der Waals surface area (Å²) in [5, 5.41) is 15.4. The lowest BCUT2D eigenvalue weighted by Crippen LogP contribution is -2.52. The number of benzene rings is 2. The van der Waals surface area contributed by atoms with Gasteiger partial charge in [-0.15, -0.1) is 11.8 Å². The van der Waals surface area contributed by atoms with Crippen molar-refractivity contribution in [1.82, 2.24) is 10.6 Å². The summed E-state index contributed by atoms with van der Waals surface area (Å²) in [6.45, 7) is 0.398. The summed E-state index contributed by atoms with van der Waals surface area (Å²) in [6, 6.07) is 18.0. The van der Waals surface area contributed by atoms with Gasteiger partial charge >= 0.3 is 0 Å². The first-order valence-corrected chi connectivity index (χ1v) is 10.2. The number of nitrogens with one attached hydrogen (secondary N) is 2. The van der Waals surface area contributed by atoms with Gasteiger partial charge in [-0.3, -0.25) is 9.59 Å². The van der Waals surface area contributed by atoms with Gasteiger partial charge in [-0.2, -0.15) is 0 Å². The van der Waals surface area contributed by atoms with Crippen LogP contribution >= 0.6 is 11.8 Å². The fourth-order valence-electron chi connectivity index (χ4n) is 2.96. The lowest BCUT2D eigenvalue weighted by Gasteiger charge is -2.22. The summed E-state index contributed by atoms with van der Waals surface area (Å²) in [4.78, 5) is 26.2. The zero-order valence-corrected chi connectivity index (χ0v) is 16.2. The zero-order chi connectivity index (χ0) is 19.8. The first-order chi connectivity index (χ1) is 13.6. The molecule has 1 heterocycles. The molecule has 3 rings (SSSR count). The van der Waals surface area contributed by atoms with E-state index in [0.29, 0.717) is 19.4 Å². The van der Waals surface area contributed by atoms with E-state index in [2.05, 4.69) is 10.6 Å².